The van der Waals surface area contributed by atoms with Crippen LogP contribution in [0.3, 0.4) is 0 Å². The van der Waals surface area contributed by atoms with E-state index in [-0.39, 0.29) is 5.82 Å². The fourth-order valence-corrected chi connectivity index (χ4v) is 3.70. The molecule has 2 aromatic rings. The average molecular weight is 263 g/mol. The first-order valence-electron chi connectivity index (χ1n) is 6.72. The Kier molecular flexibility index (Phi) is 3.62. The van der Waals surface area contributed by atoms with E-state index in [0.717, 1.165) is 11.9 Å². The van der Waals surface area contributed by atoms with Gasteiger partial charge in [-0.05, 0) is 42.5 Å². The summed E-state index contributed by atoms with van der Waals surface area (Å²) in [7, 11) is 0. The van der Waals surface area contributed by atoms with E-state index < -0.39 is 0 Å². The number of rotatable bonds is 3. The molecule has 1 heterocycles. The maximum absolute atomic E-state index is 13.1. The molecule has 0 unspecified atom stereocenters. The van der Waals surface area contributed by atoms with Crippen LogP contribution in [0.1, 0.15) is 37.0 Å². The summed E-state index contributed by atoms with van der Waals surface area (Å²) in [6, 6.07) is 7.83. The lowest BCUT2D eigenvalue weighted by Gasteiger charge is -2.22. The van der Waals surface area contributed by atoms with Crippen LogP contribution in [0.25, 0.3) is 10.1 Å². The van der Waals surface area contributed by atoms with Crippen LogP contribution in [0.15, 0.2) is 24.3 Å². The van der Waals surface area contributed by atoms with Gasteiger partial charge in [-0.2, -0.15) is 0 Å². The van der Waals surface area contributed by atoms with Crippen LogP contribution in [0.2, 0.25) is 0 Å². The minimum atomic E-state index is -0.146. The quantitative estimate of drug-likeness (QED) is 0.862. The molecule has 96 valence electrons. The first-order valence-corrected chi connectivity index (χ1v) is 7.54. The first kappa shape index (κ1) is 12.1. The molecule has 3 rings (SSSR count). The summed E-state index contributed by atoms with van der Waals surface area (Å²) in [5.41, 5.74) is 0. The number of fused-ring (bicyclic) bond motifs is 1. The van der Waals surface area contributed by atoms with Crippen LogP contribution in [0.4, 0.5) is 4.39 Å². The Morgan fingerprint density at radius 1 is 1.17 bits per heavy atom. The molecule has 0 amide bonds. The van der Waals surface area contributed by atoms with Crippen molar-refractivity contribution in [2.45, 2.75) is 44.7 Å². The van der Waals surface area contributed by atoms with Gasteiger partial charge in [0.1, 0.15) is 5.82 Å². The summed E-state index contributed by atoms with van der Waals surface area (Å²) < 4.78 is 14.3. The van der Waals surface area contributed by atoms with Crippen molar-refractivity contribution >= 4 is 21.4 Å². The predicted octanol–water partition coefficient (Wildman–Crippen LogP) is 4.46. The smallest absolute Gasteiger partial charge is 0.123 e. The van der Waals surface area contributed by atoms with Gasteiger partial charge in [0.05, 0.1) is 0 Å². The molecule has 0 aliphatic heterocycles. The number of hydrogen-bond donors (Lipinski definition) is 1. The Hall–Kier alpha value is -0.930. The second-order valence-corrected chi connectivity index (χ2v) is 6.28. The summed E-state index contributed by atoms with van der Waals surface area (Å²) in [5.74, 6) is -0.146. The second-order valence-electron chi connectivity index (χ2n) is 5.11. The SMILES string of the molecule is Fc1ccc2sc(CNC3CCCCC3)cc2c1. The molecule has 1 N–H and O–H groups in total. The molecule has 0 atom stereocenters. The standard InChI is InChI=1S/C15H18FNS/c16-12-6-7-15-11(8-12)9-14(18-15)10-17-13-4-2-1-3-5-13/h6-9,13,17H,1-5,10H2. The Labute approximate surface area is 111 Å². The van der Waals surface area contributed by atoms with Crippen LogP contribution in [-0.4, -0.2) is 6.04 Å². The number of benzene rings is 1. The molecule has 0 saturated heterocycles. The Bertz CT molecular complexity index is 528. The van der Waals surface area contributed by atoms with E-state index in [1.807, 2.05) is 6.07 Å². The maximum atomic E-state index is 13.1. The van der Waals surface area contributed by atoms with Crippen LogP contribution in [-0.2, 0) is 6.54 Å². The number of thiophene rings is 1. The summed E-state index contributed by atoms with van der Waals surface area (Å²) in [6.07, 6.45) is 6.71. The Balaban J connectivity index is 1.67. The zero-order valence-corrected chi connectivity index (χ0v) is 11.2. The van der Waals surface area contributed by atoms with E-state index in [1.54, 1.807) is 17.4 Å². The summed E-state index contributed by atoms with van der Waals surface area (Å²) in [5, 5.41) is 4.66. The van der Waals surface area contributed by atoms with Gasteiger partial charge in [-0.1, -0.05) is 19.3 Å². The molecular weight excluding hydrogens is 245 g/mol. The van der Waals surface area contributed by atoms with Crippen molar-refractivity contribution in [3.05, 3.63) is 35.0 Å². The van der Waals surface area contributed by atoms with Gasteiger partial charge in [0, 0.05) is 22.2 Å². The fraction of sp³-hybridized carbons (Fsp3) is 0.467. The van der Waals surface area contributed by atoms with Gasteiger partial charge < -0.3 is 5.32 Å². The largest absolute Gasteiger partial charge is 0.309 e. The molecule has 18 heavy (non-hydrogen) atoms. The average Bonchev–Trinajstić information content (AvgIpc) is 2.79. The van der Waals surface area contributed by atoms with Gasteiger partial charge in [-0.15, -0.1) is 11.3 Å². The minimum Gasteiger partial charge on any atom is -0.309 e. The molecule has 1 aliphatic rings. The van der Waals surface area contributed by atoms with Crippen molar-refractivity contribution in [2.24, 2.45) is 0 Å². The lowest BCUT2D eigenvalue weighted by atomic mass is 9.95. The Morgan fingerprint density at radius 3 is 2.83 bits per heavy atom. The molecule has 1 saturated carbocycles. The Morgan fingerprint density at radius 2 is 2.00 bits per heavy atom. The normalized spacial score (nSPS) is 17.4. The zero-order valence-electron chi connectivity index (χ0n) is 10.4. The van der Waals surface area contributed by atoms with E-state index in [4.69, 9.17) is 0 Å². The third-order valence-electron chi connectivity index (χ3n) is 3.70. The third kappa shape index (κ3) is 2.73. The molecule has 1 fully saturated rings. The van der Waals surface area contributed by atoms with Gasteiger partial charge >= 0.3 is 0 Å². The van der Waals surface area contributed by atoms with E-state index >= 15 is 0 Å². The lowest BCUT2D eigenvalue weighted by Crippen LogP contribution is -2.30. The topological polar surface area (TPSA) is 12.0 Å². The molecule has 1 aromatic carbocycles. The van der Waals surface area contributed by atoms with Crippen molar-refractivity contribution in [2.75, 3.05) is 0 Å². The van der Waals surface area contributed by atoms with Gasteiger partial charge in [0.25, 0.3) is 0 Å². The highest BCUT2D eigenvalue weighted by Crippen LogP contribution is 2.26. The van der Waals surface area contributed by atoms with Gasteiger partial charge in [-0.3, -0.25) is 0 Å². The lowest BCUT2D eigenvalue weighted by molar-refractivity contribution is 0.373. The summed E-state index contributed by atoms with van der Waals surface area (Å²) in [4.78, 5) is 1.31. The highest BCUT2D eigenvalue weighted by Gasteiger charge is 2.13. The van der Waals surface area contributed by atoms with Crippen molar-refractivity contribution in [3.8, 4) is 0 Å². The number of nitrogens with one attached hydrogen (secondary N) is 1. The predicted molar refractivity (Wildman–Crippen MR) is 75.5 cm³/mol. The number of halogens is 1. The third-order valence-corrected chi connectivity index (χ3v) is 4.82. The maximum Gasteiger partial charge on any atom is 0.123 e. The van der Waals surface area contributed by atoms with Gasteiger partial charge in [0.2, 0.25) is 0 Å². The van der Waals surface area contributed by atoms with Crippen LogP contribution < -0.4 is 5.32 Å². The highest BCUT2D eigenvalue weighted by atomic mass is 32.1. The fourth-order valence-electron chi connectivity index (χ4n) is 2.71. The van der Waals surface area contributed by atoms with Gasteiger partial charge in [-0.25, -0.2) is 4.39 Å². The van der Waals surface area contributed by atoms with E-state index in [1.165, 1.54) is 47.7 Å². The van der Waals surface area contributed by atoms with E-state index in [0.29, 0.717) is 6.04 Å². The van der Waals surface area contributed by atoms with Crippen molar-refractivity contribution < 1.29 is 4.39 Å². The molecule has 1 aliphatic carbocycles. The molecule has 1 nitrogen and oxygen atoms in total. The molecule has 0 spiro atoms. The molecule has 0 radical (unpaired) electrons. The molecular formula is C15H18FNS. The molecule has 0 bridgehead atoms. The van der Waals surface area contributed by atoms with Crippen LogP contribution in [0, 0.1) is 5.82 Å². The first-order chi connectivity index (χ1) is 8.81. The minimum absolute atomic E-state index is 0.146. The molecule has 3 heteroatoms. The van der Waals surface area contributed by atoms with Crippen molar-refractivity contribution in [1.82, 2.24) is 5.32 Å². The van der Waals surface area contributed by atoms with Gasteiger partial charge in [0.15, 0.2) is 0 Å². The summed E-state index contributed by atoms with van der Waals surface area (Å²) >= 11 is 1.77. The highest BCUT2D eigenvalue weighted by molar-refractivity contribution is 7.19. The monoisotopic (exact) mass is 263 g/mol. The zero-order chi connectivity index (χ0) is 12.4. The van der Waals surface area contributed by atoms with E-state index in [9.17, 15) is 4.39 Å². The second kappa shape index (κ2) is 5.37. The van der Waals surface area contributed by atoms with Crippen molar-refractivity contribution in [3.63, 3.8) is 0 Å². The van der Waals surface area contributed by atoms with Crippen molar-refractivity contribution in [1.29, 1.82) is 0 Å². The van der Waals surface area contributed by atoms with Crippen LogP contribution in [0.5, 0.6) is 0 Å². The number of hydrogen-bond acceptors (Lipinski definition) is 2. The van der Waals surface area contributed by atoms with E-state index in [2.05, 4.69) is 11.4 Å². The van der Waals surface area contributed by atoms with Crippen LogP contribution >= 0.6 is 11.3 Å². The molecule has 1 aromatic heterocycles. The summed E-state index contributed by atoms with van der Waals surface area (Å²) in [6.45, 7) is 0.922.